The van der Waals surface area contributed by atoms with E-state index in [0.717, 1.165) is 25.3 Å². The van der Waals surface area contributed by atoms with Gasteiger partial charge in [-0.2, -0.15) is 5.10 Å². The van der Waals surface area contributed by atoms with E-state index in [4.69, 9.17) is 5.41 Å². The molecule has 19 heavy (non-hydrogen) atoms. The summed E-state index contributed by atoms with van der Waals surface area (Å²) in [4.78, 5) is 4.41. The van der Waals surface area contributed by atoms with Crippen molar-refractivity contribution < 1.29 is 0 Å². The van der Waals surface area contributed by atoms with E-state index in [9.17, 15) is 0 Å². The molecule has 0 unspecified atom stereocenters. The van der Waals surface area contributed by atoms with Gasteiger partial charge in [0.25, 0.3) is 0 Å². The van der Waals surface area contributed by atoms with Gasteiger partial charge < -0.3 is 10.7 Å². The van der Waals surface area contributed by atoms with Crippen LogP contribution in [0.4, 0.5) is 0 Å². The van der Waals surface area contributed by atoms with Gasteiger partial charge in [0.2, 0.25) is 0 Å². The molecule has 0 aromatic carbocycles. The van der Waals surface area contributed by atoms with Crippen LogP contribution in [0.5, 0.6) is 0 Å². The average molecular weight is 263 g/mol. The van der Waals surface area contributed by atoms with E-state index in [0.29, 0.717) is 17.5 Å². The van der Waals surface area contributed by atoms with Crippen LogP contribution in [0.3, 0.4) is 0 Å². The molecule has 1 aliphatic heterocycles. The van der Waals surface area contributed by atoms with E-state index in [-0.39, 0.29) is 0 Å². The first-order valence-corrected chi connectivity index (χ1v) is 7.09. The Labute approximate surface area is 115 Å². The largest absolute Gasteiger partial charge is 0.317 e. The SMILES string of the molecule is CC.CC(=N)/C=C\c1n[nH]c(CC2CCNCC2)n1. The first-order chi connectivity index (χ1) is 9.24. The lowest BCUT2D eigenvalue weighted by Gasteiger charge is -2.21. The molecule has 1 aromatic rings. The number of hydrogen-bond acceptors (Lipinski definition) is 4. The third kappa shape index (κ3) is 5.79. The summed E-state index contributed by atoms with van der Waals surface area (Å²) >= 11 is 0. The summed E-state index contributed by atoms with van der Waals surface area (Å²) in [5.41, 5.74) is 0.509. The molecule has 1 saturated heterocycles. The van der Waals surface area contributed by atoms with Crippen molar-refractivity contribution in [2.24, 2.45) is 5.92 Å². The molecule has 0 bridgehead atoms. The molecule has 1 aromatic heterocycles. The Hall–Kier alpha value is -1.49. The Kier molecular flexibility index (Phi) is 7.03. The van der Waals surface area contributed by atoms with Crippen LogP contribution in [-0.4, -0.2) is 34.0 Å². The highest BCUT2D eigenvalue weighted by Gasteiger charge is 2.15. The fraction of sp³-hybridized carbons (Fsp3) is 0.643. The second-order valence-corrected chi connectivity index (χ2v) is 4.55. The zero-order valence-electron chi connectivity index (χ0n) is 12.2. The van der Waals surface area contributed by atoms with Crippen molar-refractivity contribution in [1.29, 1.82) is 5.41 Å². The summed E-state index contributed by atoms with van der Waals surface area (Å²) in [5.74, 6) is 2.34. The molecule has 5 nitrogen and oxygen atoms in total. The third-order valence-electron chi connectivity index (χ3n) is 2.97. The van der Waals surface area contributed by atoms with Crippen molar-refractivity contribution in [2.45, 2.75) is 40.0 Å². The highest BCUT2D eigenvalue weighted by Crippen LogP contribution is 2.15. The Morgan fingerprint density at radius 3 is 2.68 bits per heavy atom. The van der Waals surface area contributed by atoms with Gasteiger partial charge in [-0.3, -0.25) is 5.10 Å². The number of hydrogen-bond donors (Lipinski definition) is 3. The van der Waals surface area contributed by atoms with E-state index in [2.05, 4.69) is 20.5 Å². The number of nitrogens with one attached hydrogen (secondary N) is 3. The van der Waals surface area contributed by atoms with Crippen LogP contribution >= 0.6 is 0 Å². The number of H-pyrrole nitrogens is 1. The fourth-order valence-corrected chi connectivity index (χ4v) is 2.03. The topological polar surface area (TPSA) is 77.5 Å². The van der Waals surface area contributed by atoms with E-state index in [1.165, 1.54) is 12.8 Å². The predicted octanol–water partition coefficient (Wildman–Crippen LogP) is 2.43. The van der Waals surface area contributed by atoms with E-state index < -0.39 is 0 Å². The summed E-state index contributed by atoms with van der Waals surface area (Å²) in [5, 5.41) is 17.7. The Morgan fingerprint density at radius 1 is 1.37 bits per heavy atom. The van der Waals surface area contributed by atoms with Crippen molar-refractivity contribution in [3.05, 3.63) is 17.7 Å². The predicted molar refractivity (Wildman–Crippen MR) is 79.5 cm³/mol. The molecule has 0 saturated carbocycles. The molecule has 106 valence electrons. The Balaban J connectivity index is 0.000000861. The fourth-order valence-electron chi connectivity index (χ4n) is 2.03. The first-order valence-electron chi connectivity index (χ1n) is 7.09. The lowest BCUT2D eigenvalue weighted by molar-refractivity contribution is 0.367. The van der Waals surface area contributed by atoms with Crippen LogP contribution in [0.2, 0.25) is 0 Å². The van der Waals surface area contributed by atoms with Crippen LogP contribution in [0.25, 0.3) is 6.08 Å². The molecule has 0 spiro atoms. The molecular weight excluding hydrogens is 238 g/mol. The minimum atomic E-state index is 0.509. The smallest absolute Gasteiger partial charge is 0.173 e. The van der Waals surface area contributed by atoms with E-state index >= 15 is 0 Å². The Bertz CT molecular complexity index is 402. The second-order valence-electron chi connectivity index (χ2n) is 4.55. The molecule has 1 fully saturated rings. The molecule has 5 heteroatoms. The summed E-state index contributed by atoms with van der Waals surface area (Å²) < 4.78 is 0. The van der Waals surface area contributed by atoms with E-state index in [1.54, 1.807) is 19.1 Å². The zero-order chi connectivity index (χ0) is 14.1. The monoisotopic (exact) mass is 263 g/mol. The summed E-state index contributed by atoms with van der Waals surface area (Å²) in [7, 11) is 0. The van der Waals surface area contributed by atoms with Crippen molar-refractivity contribution in [2.75, 3.05) is 13.1 Å². The summed E-state index contributed by atoms with van der Waals surface area (Å²) in [6.45, 7) is 7.95. The van der Waals surface area contributed by atoms with Crippen molar-refractivity contribution in [1.82, 2.24) is 20.5 Å². The van der Waals surface area contributed by atoms with E-state index in [1.807, 2.05) is 13.8 Å². The summed E-state index contributed by atoms with van der Waals surface area (Å²) in [6.07, 6.45) is 6.88. The zero-order valence-corrected chi connectivity index (χ0v) is 12.2. The van der Waals surface area contributed by atoms with Crippen molar-refractivity contribution in [3.8, 4) is 0 Å². The van der Waals surface area contributed by atoms with Crippen molar-refractivity contribution >= 4 is 11.8 Å². The minimum absolute atomic E-state index is 0.509. The molecule has 0 radical (unpaired) electrons. The maximum Gasteiger partial charge on any atom is 0.173 e. The molecule has 0 amide bonds. The number of allylic oxidation sites excluding steroid dienone is 1. The molecule has 2 heterocycles. The summed E-state index contributed by atoms with van der Waals surface area (Å²) in [6, 6.07) is 0. The highest BCUT2D eigenvalue weighted by atomic mass is 15.2. The van der Waals surface area contributed by atoms with Crippen LogP contribution in [0, 0.1) is 11.3 Å². The number of rotatable bonds is 4. The molecule has 0 atom stereocenters. The van der Waals surface area contributed by atoms with Gasteiger partial charge in [0.05, 0.1) is 0 Å². The standard InChI is InChI=1S/C12H19N5.C2H6/c1-9(13)2-3-11-15-12(17-16-11)8-10-4-6-14-7-5-10;1-2/h2-3,10,13-14H,4-8H2,1H3,(H,15,16,17);1-2H3/b3-2-,13-9?;. The van der Waals surface area contributed by atoms with Gasteiger partial charge in [-0.05, 0) is 50.9 Å². The van der Waals surface area contributed by atoms with Crippen LogP contribution in [0.15, 0.2) is 6.08 Å². The van der Waals surface area contributed by atoms with Gasteiger partial charge in [-0.1, -0.05) is 13.8 Å². The maximum atomic E-state index is 7.30. The molecule has 3 N–H and O–H groups in total. The first kappa shape index (κ1) is 15.6. The van der Waals surface area contributed by atoms with Gasteiger partial charge in [0.1, 0.15) is 5.82 Å². The quantitative estimate of drug-likeness (QED) is 0.730. The lowest BCUT2D eigenvalue weighted by Crippen LogP contribution is -2.28. The van der Waals surface area contributed by atoms with Gasteiger partial charge in [-0.15, -0.1) is 0 Å². The Morgan fingerprint density at radius 2 is 2.05 bits per heavy atom. The minimum Gasteiger partial charge on any atom is -0.317 e. The number of aromatic nitrogens is 3. The van der Waals surface area contributed by atoms with Gasteiger partial charge in [-0.25, -0.2) is 4.98 Å². The highest BCUT2D eigenvalue weighted by molar-refractivity contribution is 5.93. The number of aromatic amines is 1. The molecule has 0 aliphatic carbocycles. The lowest BCUT2D eigenvalue weighted by atomic mass is 9.94. The normalized spacial score (nSPS) is 16.2. The number of piperidine rings is 1. The van der Waals surface area contributed by atoms with Crippen molar-refractivity contribution in [3.63, 3.8) is 0 Å². The van der Waals surface area contributed by atoms with Gasteiger partial charge in [0, 0.05) is 12.1 Å². The maximum absolute atomic E-state index is 7.30. The molecule has 2 rings (SSSR count). The molecular formula is C14H25N5. The van der Waals surface area contributed by atoms with Gasteiger partial charge in [0.15, 0.2) is 5.82 Å². The number of nitrogens with zero attached hydrogens (tertiary/aromatic N) is 2. The van der Waals surface area contributed by atoms with Crippen LogP contribution in [-0.2, 0) is 6.42 Å². The van der Waals surface area contributed by atoms with Crippen LogP contribution in [0.1, 0.15) is 45.3 Å². The second kappa shape index (κ2) is 8.58. The molecule has 1 aliphatic rings. The average Bonchev–Trinajstić information content (AvgIpc) is 2.87. The van der Waals surface area contributed by atoms with Gasteiger partial charge >= 0.3 is 0 Å². The third-order valence-corrected chi connectivity index (χ3v) is 2.97. The van der Waals surface area contributed by atoms with Crippen LogP contribution < -0.4 is 5.32 Å².